The molecule has 0 saturated carbocycles. The Labute approximate surface area is 119 Å². The number of carbonyl (C=O) groups is 1. The van der Waals surface area contributed by atoms with Crippen LogP contribution in [0.2, 0.25) is 0 Å². The molecule has 4 heteroatoms. The van der Waals surface area contributed by atoms with E-state index in [0.717, 1.165) is 28.3 Å². The van der Waals surface area contributed by atoms with E-state index in [-0.39, 0.29) is 5.91 Å². The summed E-state index contributed by atoms with van der Waals surface area (Å²) in [6, 6.07) is 7.79. The Morgan fingerprint density at radius 3 is 2.65 bits per heavy atom. The molecule has 1 aromatic heterocycles. The molecular weight excluding hydrogens is 252 g/mol. The SMILES string of the molecule is CCC(=O)Nc1ccc(C)c(NCc2occc2C)c1. The maximum Gasteiger partial charge on any atom is 0.224 e. The van der Waals surface area contributed by atoms with E-state index in [1.54, 1.807) is 6.26 Å². The lowest BCUT2D eigenvalue weighted by atomic mass is 10.1. The molecule has 1 aromatic carbocycles. The van der Waals surface area contributed by atoms with Crippen molar-refractivity contribution in [2.24, 2.45) is 0 Å². The lowest BCUT2D eigenvalue weighted by Gasteiger charge is -2.11. The molecule has 0 unspecified atom stereocenters. The highest BCUT2D eigenvalue weighted by atomic mass is 16.3. The summed E-state index contributed by atoms with van der Waals surface area (Å²) in [6.45, 7) is 6.52. The fraction of sp³-hybridized carbons (Fsp3) is 0.312. The largest absolute Gasteiger partial charge is 0.467 e. The molecule has 0 bridgehead atoms. The molecule has 1 amide bonds. The van der Waals surface area contributed by atoms with Gasteiger partial charge in [0.1, 0.15) is 5.76 Å². The predicted molar refractivity (Wildman–Crippen MR) is 80.9 cm³/mol. The molecule has 0 saturated heterocycles. The van der Waals surface area contributed by atoms with Gasteiger partial charge in [0.2, 0.25) is 5.91 Å². The lowest BCUT2D eigenvalue weighted by Crippen LogP contribution is -2.10. The zero-order chi connectivity index (χ0) is 14.5. The summed E-state index contributed by atoms with van der Waals surface area (Å²) in [4.78, 5) is 11.4. The summed E-state index contributed by atoms with van der Waals surface area (Å²) in [6.07, 6.45) is 2.17. The molecule has 0 aliphatic rings. The van der Waals surface area contributed by atoms with Crippen molar-refractivity contribution in [1.29, 1.82) is 0 Å². The normalized spacial score (nSPS) is 10.3. The van der Waals surface area contributed by atoms with Crippen LogP contribution in [-0.2, 0) is 11.3 Å². The van der Waals surface area contributed by atoms with E-state index >= 15 is 0 Å². The molecule has 0 spiro atoms. The molecule has 4 nitrogen and oxygen atoms in total. The van der Waals surface area contributed by atoms with Crippen LogP contribution in [0.4, 0.5) is 11.4 Å². The lowest BCUT2D eigenvalue weighted by molar-refractivity contribution is -0.115. The van der Waals surface area contributed by atoms with Crippen LogP contribution in [-0.4, -0.2) is 5.91 Å². The van der Waals surface area contributed by atoms with Crippen molar-refractivity contribution in [3.05, 3.63) is 47.4 Å². The molecule has 0 aliphatic carbocycles. The molecule has 0 radical (unpaired) electrons. The Bertz CT molecular complexity index is 602. The molecule has 0 fully saturated rings. The number of benzene rings is 1. The molecule has 0 atom stereocenters. The monoisotopic (exact) mass is 272 g/mol. The molecule has 1 heterocycles. The Hall–Kier alpha value is -2.23. The molecular formula is C16H20N2O2. The van der Waals surface area contributed by atoms with Crippen LogP contribution in [0.5, 0.6) is 0 Å². The zero-order valence-electron chi connectivity index (χ0n) is 12.1. The van der Waals surface area contributed by atoms with E-state index in [2.05, 4.69) is 10.6 Å². The first-order valence-corrected chi connectivity index (χ1v) is 6.77. The Kier molecular flexibility index (Phi) is 4.45. The van der Waals surface area contributed by atoms with Crippen molar-refractivity contribution in [2.75, 3.05) is 10.6 Å². The van der Waals surface area contributed by atoms with Gasteiger partial charge in [-0.05, 0) is 43.2 Å². The number of hydrogen-bond donors (Lipinski definition) is 2. The molecule has 0 aliphatic heterocycles. The summed E-state index contributed by atoms with van der Waals surface area (Å²) < 4.78 is 5.41. The van der Waals surface area contributed by atoms with Crippen LogP contribution in [0.15, 0.2) is 34.9 Å². The minimum Gasteiger partial charge on any atom is -0.467 e. The Morgan fingerprint density at radius 2 is 2.00 bits per heavy atom. The maximum absolute atomic E-state index is 11.4. The second kappa shape index (κ2) is 6.28. The Morgan fingerprint density at radius 1 is 1.20 bits per heavy atom. The van der Waals surface area contributed by atoms with Gasteiger partial charge in [-0.1, -0.05) is 13.0 Å². The van der Waals surface area contributed by atoms with E-state index < -0.39 is 0 Å². The highest BCUT2D eigenvalue weighted by Crippen LogP contribution is 2.22. The summed E-state index contributed by atoms with van der Waals surface area (Å²) in [7, 11) is 0. The van der Waals surface area contributed by atoms with Gasteiger partial charge in [-0.3, -0.25) is 4.79 Å². The number of aryl methyl sites for hydroxylation is 2. The average molecular weight is 272 g/mol. The summed E-state index contributed by atoms with van der Waals surface area (Å²) in [5, 5.41) is 6.20. The molecule has 2 rings (SSSR count). The smallest absolute Gasteiger partial charge is 0.224 e. The quantitative estimate of drug-likeness (QED) is 0.869. The predicted octanol–water partition coefficient (Wildman–Crippen LogP) is 3.86. The molecule has 20 heavy (non-hydrogen) atoms. The molecule has 106 valence electrons. The van der Waals surface area contributed by atoms with Gasteiger partial charge in [0.15, 0.2) is 0 Å². The van der Waals surface area contributed by atoms with Crippen LogP contribution in [0.3, 0.4) is 0 Å². The second-order valence-corrected chi connectivity index (χ2v) is 4.81. The topological polar surface area (TPSA) is 54.3 Å². The summed E-state index contributed by atoms with van der Waals surface area (Å²) in [5.41, 5.74) is 4.06. The fourth-order valence-electron chi connectivity index (χ4n) is 1.90. The van der Waals surface area contributed by atoms with Crippen LogP contribution >= 0.6 is 0 Å². The third-order valence-electron chi connectivity index (χ3n) is 3.25. The number of carbonyl (C=O) groups excluding carboxylic acids is 1. The van der Waals surface area contributed by atoms with Crippen molar-refractivity contribution in [3.8, 4) is 0 Å². The van der Waals surface area contributed by atoms with Crippen molar-refractivity contribution < 1.29 is 9.21 Å². The van der Waals surface area contributed by atoms with Gasteiger partial charge in [-0.15, -0.1) is 0 Å². The van der Waals surface area contributed by atoms with Gasteiger partial charge >= 0.3 is 0 Å². The number of hydrogen-bond acceptors (Lipinski definition) is 3. The Balaban J connectivity index is 2.08. The third-order valence-corrected chi connectivity index (χ3v) is 3.25. The first-order chi connectivity index (χ1) is 9.60. The van der Waals surface area contributed by atoms with Crippen LogP contribution in [0, 0.1) is 13.8 Å². The van der Waals surface area contributed by atoms with Gasteiger partial charge in [-0.2, -0.15) is 0 Å². The summed E-state index contributed by atoms with van der Waals surface area (Å²) >= 11 is 0. The van der Waals surface area contributed by atoms with Crippen molar-refractivity contribution in [2.45, 2.75) is 33.7 Å². The highest BCUT2D eigenvalue weighted by Gasteiger charge is 2.05. The van der Waals surface area contributed by atoms with Gasteiger partial charge in [0.25, 0.3) is 0 Å². The first-order valence-electron chi connectivity index (χ1n) is 6.77. The minimum atomic E-state index is 0.0154. The van der Waals surface area contributed by atoms with Gasteiger partial charge in [0, 0.05) is 17.8 Å². The standard InChI is InChI=1S/C16H20N2O2/c1-4-16(19)18-13-6-5-11(2)14(9-13)17-10-15-12(3)7-8-20-15/h5-9,17H,4,10H2,1-3H3,(H,18,19). The van der Waals surface area contributed by atoms with Gasteiger partial charge in [0.05, 0.1) is 12.8 Å². The van der Waals surface area contributed by atoms with Crippen molar-refractivity contribution in [3.63, 3.8) is 0 Å². The second-order valence-electron chi connectivity index (χ2n) is 4.81. The minimum absolute atomic E-state index is 0.0154. The van der Waals surface area contributed by atoms with Gasteiger partial charge < -0.3 is 15.1 Å². The number of amides is 1. The van der Waals surface area contributed by atoms with E-state index in [1.807, 2.05) is 45.0 Å². The molecule has 2 aromatic rings. The fourth-order valence-corrected chi connectivity index (χ4v) is 1.90. The summed E-state index contributed by atoms with van der Waals surface area (Å²) in [5.74, 6) is 0.939. The average Bonchev–Trinajstić information content (AvgIpc) is 2.84. The first kappa shape index (κ1) is 14.2. The van der Waals surface area contributed by atoms with E-state index in [1.165, 1.54) is 0 Å². The van der Waals surface area contributed by atoms with E-state index in [4.69, 9.17) is 4.42 Å². The highest BCUT2D eigenvalue weighted by molar-refractivity contribution is 5.91. The molecule has 2 N–H and O–H groups in total. The number of rotatable bonds is 5. The van der Waals surface area contributed by atoms with Crippen LogP contribution in [0.1, 0.15) is 30.2 Å². The number of anilines is 2. The number of nitrogens with one attached hydrogen (secondary N) is 2. The maximum atomic E-state index is 11.4. The van der Waals surface area contributed by atoms with Crippen LogP contribution < -0.4 is 10.6 Å². The van der Waals surface area contributed by atoms with Crippen molar-refractivity contribution >= 4 is 17.3 Å². The zero-order valence-corrected chi connectivity index (χ0v) is 12.1. The third kappa shape index (κ3) is 3.41. The van der Waals surface area contributed by atoms with E-state index in [9.17, 15) is 4.79 Å². The van der Waals surface area contributed by atoms with E-state index in [0.29, 0.717) is 13.0 Å². The van der Waals surface area contributed by atoms with Crippen LogP contribution in [0.25, 0.3) is 0 Å². The van der Waals surface area contributed by atoms with Gasteiger partial charge in [-0.25, -0.2) is 0 Å². The van der Waals surface area contributed by atoms with Crippen molar-refractivity contribution in [1.82, 2.24) is 0 Å². The number of furan rings is 1.